The van der Waals surface area contributed by atoms with E-state index in [0.29, 0.717) is 12.4 Å². The summed E-state index contributed by atoms with van der Waals surface area (Å²) in [7, 11) is 0. The van der Waals surface area contributed by atoms with E-state index in [9.17, 15) is 4.79 Å². The molecule has 1 aliphatic rings. The number of nitrogens with one attached hydrogen (secondary N) is 2. The van der Waals surface area contributed by atoms with E-state index in [2.05, 4.69) is 27.8 Å². The Morgan fingerprint density at radius 3 is 2.38 bits per heavy atom. The number of hydrogen-bond donors (Lipinski definition) is 2. The van der Waals surface area contributed by atoms with Crippen LogP contribution in [-0.2, 0) is 4.79 Å². The monoisotopic (exact) mass is 279 g/mol. The smallest absolute Gasteiger partial charge is 0.290 e. The Morgan fingerprint density at radius 2 is 1.76 bits per heavy atom. The molecule has 2 N–H and O–H groups in total. The zero-order valence-corrected chi connectivity index (χ0v) is 11.8. The Balaban J connectivity index is 1.69. The molecule has 1 heterocycles. The van der Waals surface area contributed by atoms with E-state index in [-0.39, 0.29) is 11.9 Å². The van der Waals surface area contributed by atoms with Crippen LogP contribution in [-0.4, -0.2) is 24.3 Å². The van der Waals surface area contributed by atoms with Crippen LogP contribution in [0.3, 0.4) is 0 Å². The number of hydrogen-bond acceptors (Lipinski definition) is 3. The molecule has 1 unspecified atom stereocenters. The van der Waals surface area contributed by atoms with E-state index < -0.39 is 0 Å². The Morgan fingerprint density at radius 1 is 1.10 bits per heavy atom. The quantitative estimate of drug-likeness (QED) is 0.907. The topological polar surface area (TPSA) is 53.5 Å². The number of carbonyl (C=O) groups excluding carboxylic acids is 1. The Hall–Kier alpha value is -2.62. The van der Waals surface area contributed by atoms with Crippen molar-refractivity contribution >= 4 is 17.4 Å². The summed E-state index contributed by atoms with van der Waals surface area (Å²) in [6.45, 7) is 2.65. The van der Waals surface area contributed by atoms with Gasteiger partial charge in [-0.3, -0.25) is 9.79 Å². The van der Waals surface area contributed by atoms with Crippen LogP contribution < -0.4 is 10.6 Å². The first-order valence-electron chi connectivity index (χ1n) is 7.00. The lowest BCUT2D eigenvalue weighted by Gasteiger charge is -2.08. The average Bonchev–Trinajstić information content (AvgIpc) is 2.96. The van der Waals surface area contributed by atoms with Gasteiger partial charge in [-0.25, -0.2) is 0 Å². The van der Waals surface area contributed by atoms with E-state index in [1.807, 2.05) is 49.4 Å². The van der Waals surface area contributed by atoms with Crippen molar-refractivity contribution in [1.82, 2.24) is 5.32 Å². The third kappa shape index (κ3) is 3.11. The summed E-state index contributed by atoms with van der Waals surface area (Å²) in [6.07, 6.45) is 0. The largest absolute Gasteiger partial charge is 0.361 e. The molecule has 1 amide bonds. The molecule has 4 heteroatoms. The van der Waals surface area contributed by atoms with Crippen LogP contribution in [0.25, 0.3) is 11.1 Å². The molecular weight excluding hydrogens is 262 g/mol. The Labute approximate surface area is 123 Å². The molecule has 0 saturated carbocycles. The second-order valence-corrected chi connectivity index (χ2v) is 5.13. The number of nitrogens with zero attached hydrogens (tertiary/aromatic N) is 1. The summed E-state index contributed by atoms with van der Waals surface area (Å²) >= 11 is 0. The lowest BCUT2D eigenvalue weighted by atomic mass is 10.1. The molecule has 0 spiro atoms. The molecule has 2 aromatic carbocycles. The number of amidine groups is 1. The van der Waals surface area contributed by atoms with Crippen LogP contribution in [0.1, 0.15) is 6.92 Å². The highest BCUT2D eigenvalue weighted by atomic mass is 16.2. The number of anilines is 1. The van der Waals surface area contributed by atoms with Crippen molar-refractivity contribution in [3.05, 3.63) is 54.6 Å². The summed E-state index contributed by atoms with van der Waals surface area (Å²) < 4.78 is 0. The molecule has 0 fully saturated rings. The average molecular weight is 279 g/mol. The molecule has 0 radical (unpaired) electrons. The van der Waals surface area contributed by atoms with Gasteiger partial charge in [0, 0.05) is 11.7 Å². The number of amides is 1. The Bertz CT molecular complexity index is 662. The molecule has 3 rings (SSSR count). The maximum Gasteiger partial charge on any atom is 0.290 e. The van der Waals surface area contributed by atoms with Gasteiger partial charge >= 0.3 is 0 Å². The van der Waals surface area contributed by atoms with Gasteiger partial charge in [-0.1, -0.05) is 42.5 Å². The van der Waals surface area contributed by atoms with Crippen molar-refractivity contribution < 1.29 is 4.79 Å². The second kappa shape index (κ2) is 5.79. The van der Waals surface area contributed by atoms with Gasteiger partial charge in [0.05, 0.1) is 6.54 Å². The minimum atomic E-state index is -0.188. The molecule has 1 atom stereocenters. The van der Waals surface area contributed by atoms with E-state index >= 15 is 0 Å². The van der Waals surface area contributed by atoms with Crippen molar-refractivity contribution in [1.29, 1.82) is 0 Å². The highest BCUT2D eigenvalue weighted by Crippen LogP contribution is 2.20. The van der Waals surface area contributed by atoms with Gasteiger partial charge in [-0.15, -0.1) is 0 Å². The Kier molecular flexibility index (Phi) is 3.69. The van der Waals surface area contributed by atoms with Gasteiger partial charge in [0.15, 0.2) is 5.84 Å². The standard InChI is InChI=1S/C17H17N3O/c1-12-11-18-16(19-12)17(21)20-15-9-7-14(8-10-15)13-5-3-2-4-6-13/h2-10,12H,11H2,1H3,(H,18,19)(H,20,21). The second-order valence-electron chi connectivity index (χ2n) is 5.13. The molecule has 106 valence electrons. The van der Waals surface area contributed by atoms with Crippen molar-refractivity contribution in [2.75, 3.05) is 11.9 Å². The van der Waals surface area contributed by atoms with Crippen LogP contribution in [0.15, 0.2) is 59.6 Å². The lowest BCUT2D eigenvalue weighted by molar-refractivity contribution is -0.110. The van der Waals surface area contributed by atoms with Crippen molar-refractivity contribution in [2.24, 2.45) is 4.99 Å². The zero-order valence-electron chi connectivity index (χ0n) is 11.8. The van der Waals surface area contributed by atoms with Crippen LogP contribution in [0.4, 0.5) is 5.69 Å². The molecule has 2 aromatic rings. The van der Waals surface area contributed by atoms with Gasteiger partial charge in [-0.2, -0.15) is 0 Å². The van der Waals surface area contributed by atoms with E-state index in [0.717, 1.165) is 16.8 Å². The fourth-order valence-corrected chi connectivity index (χ4v) is 2.26. The molecular formula is C17H17N3O. The number of aliphatic imine (C=N–C) groups is 1. The van der Waals surface area contributed by atoms with Crippen LogP contribution in [0.5, 0.6) is 0 Å². The van der Waals surface area contributed by atoms with Gasteiger partial charge < -0.3 is 10.6 Å². The molecule has 4 nitrogen and oxygen atoms in total. The van der Waals surface area contributed by atoms with Crippen LogP contribution in [0.2, 0.25) is 0 Å². The molecule has 0 saturated heterocycles. The third-order valence-corrected chi connectivity index (χ3v) is 3.37. The lowest BCUT2D eigenvalue weighted by Crippen LogP contribution is -2.36. The van der Waals surface area contributed by atoms with Crippen molar-refractivity contribution in [3.8, 4) is 11.1 Å². The number of carbonyl (C=O) groups is 1. The number of rotatable bonds is 3. The summed E-state index contributed by atoms with van der Waals surface area (Å²) in [5, 5.41) is 5.90. The van der Waals surface area contributed by atoms with Gasteiger partial charge in [-0.05, 0) is 30.2 Å². The van der Waals surface area contributed by atoms with Gasteiger partial charge in [0.2, 0.25) is 0 Å². The molecule has 0 aliphatic carbocycles. The fourth-order valence-electron chi connectivity index (χ4n) is 2.26. The van der Waals surface area contributed by atoms with Gasteiger partial charge in [0.25, 0.3) is 5.91 Å². The van der Waals surface area contributed by atoms with Crippen molar-refractivity contribution in [3.63, 3.8) is 0 Å². The normalized spacial score (nSPS) is 17.0. The zero-order chi connectivity index (χ0) is 14.7. The summed E-state index contributed by atoms with van der Waals surface area (Å²) in [5.74, 6) is 0.224. The SMILES string of the molecule is CC1CN=C(C(=O)Nc2ccc(-c3ccccc3)cc2)N1. The first-order chi connectivity index (χ1) is 10.2. The summed E-state index contributed by atoms with van der Waals surface area (Å²) in [4.78, 5) is 16.2. The molecule has 0 aromatic heterocycles. The molecule has 21 heavy (non-hydrogen) atoms. The van der Waals surface area contributed by atoms with E-state index in [1.165, 1.54) is 0 Å². The van der Waals surface area contributed by atoms with E-state index in [4.69, 9.17) is 0 Å². The number of benzene rings is 2. The minimum absolute atomic E-state index is 0.188. The highest BCUT2D eigenvalue weighted by molar-refractivity contribution is 6.42. The van der Waals surface area contributed by atoms with Crippen LogP contribution in [0, 0.1) is 0 Å². The predicted molar refractivity (Wildman–Crippen MR) is 85.4 cm³/mol. The third-order valence-electron chi connectivity index (χ3n) is 3.37. The maximum absolute atomic E-state index is 12.0. The first-order valence-corrected chi connectivity index (χ1v) is 7.00. The predicted octanol–water partition coefficient (Wildman–Crippen LogP) is 2.68. The van der Waals surface area contributed by atoms with Gasteiger partial charge in [0.1, 0.15) is 0 Å². The summed E-state index contributed by atoms with van der Waals surface area (Å²) in [6, 6.07) is 18.2. The molecule has 0 bridgehead atoms. The minimum Gasteiger partial charge on any atom is -0.361 e. The fraction of sp³-hybridized carbons (Fsp3) is 0.176. The maximum atomic E-state index is 12.0. The summed E-state index contributed by atoms with van der Waals surface area (Å²) in [5.41, 5.74) is 3.05. The highest BCUT2D eigenvalue weighted by Gasteiger charge is 2.19. The van der Waals surface area contributed by atoms with Crippen molar-refractivity contribution in [2.45, 2.75) is 13.0 Å². The van der Waals surface area contributed by atoms with Crippen LogP contribution >= 0.6 is 0 Å². The molecule has 1 aliphatic heterocycles. The first kappa shape index (κ1) is 13.4. The van der Waals surface area contributed by atoms with E-state index in [1.54, 1.807) is 0 Å².